The second-order valence-electron chi connectivity index (χ2n) is 5.62. The van der Waals surface area contributed by atoms with E-state index >= 15 is 0 Å². The Bertz CT molecular complexity index is 893. The van der Waals surface area contributed by atoms with E-state index in [4.69, 9.17) is 0 Å². The van der Waals surface area contributed by atoms with Gasteiger partial charge in [0.15, 0.2) is 5.78 Å². The number of Topliss-reactive ketones (excluding diaryl/α,β-unsaturated/α-hetero) is 1. The van der Waals surface area contributed by atoms with Crippen LogP contribution in [0.25, 0.3) is 0 Å². The fourth-order valence-corrected chi connectivity index (χ4v) is 2.55. The maximum Gasteiger partial charge on any atom is 0.269 e. The number of non-ortho nitro benzene ring substituents is 1. The molecule has 0 radical (unpaired) electrons. The molecule has 3 rings (SSSR count). The van der Waals surface area contributed by atoms with Gasteiger partial charge in [-0.05, 0) is 12.1 Å². The van der Waals surface area contributed by atoms with Crippen LogP contribution in [-0.4, -0.2) is 23.0 Å². The Morgan fingerprint density at radius 2 is 1.27 bits per heavy atom. The van der Waals surface area contributed by atoms with Gasteiger partial charge in [0.1, 0.15) is 6.54 Å². The topological polar surface area (TPSA) is 72.6 Å². The molecule has 0 aromatic heterocycles. The number of carbonyl (C=O) groups excluding carboxylic acids is 1. The lowest BCUT2D eigenvalue weighted by molar-refractivity contribution is -0.384. The number of nitro groups is 1. The number of carbonyl (C=O) groups is 1. The van der Waals surface area contributed by atoms with E-state index in [0.29, 0.717) is 5.56 Å². The normalized spacial score (nSPS) is 10.2. The van der Waals surface area contributed by atoms with Crippen LogP contribution in [0.3, 0.4) is 0 Å². The Morgan fingerprint density at radius 3 is 1.73 bits per heavy atom. The third kappa shape index (κ3) is 4.08. The van der Waals surface area contributed by atoms with E-state index in [0.717, 1.165) is 16.8 Å². The molecule has 0 N–H and O–H groups in total. The zero-order chi connectivity index (χ0) is 18.4. The minimum absolute atomic E-state index is 0.0308. The van der Waals surface area contributed by atoms with E-state index in [2.05, 4.69) is 4.99 Å². The van der Waals surface area contributed by atoms with Crippen LogP contribution in [0.4, 0.5) is 5.69 Å². The van der Waals surface area contributed by atoms with E-state index in [1.165, 1.54) is 24.3 Å². The van der Waals surface area contributed by atoms with Crippen LogP contribution in [0.5, 0.6) is 0 Å². The van der Waals surface area contributed by atoms with Gasteiger partial charge in [-0.1, -0.05) is 60.7 Å². The summed E-state index contributed by atoms with van der Waals surface area (Å²) >= 11 is 0. The molecule has 128 valence electrons. The van der Waals surface area contributed by atoms with Crippen LogP contribution in [0.2, 0.25) is 0 Å². The molecule has 5 nitrogen and oxygen atoms in total. The van der Waals surface area contributed by atoms with Crippen LogP contribution in [0.15, 0.2) is 89.9 Å². The first-order valence-electron chi connectivity index (χ1n) is 8.08. The largest absolute Gasteiger partial charge is 0.292 e. The van der Waals surface area contributed by atoms with Gasteiger partial charge in [-0.3, -0.25) is 19.9 Å². The number of ketones is 1. The summed E-state index contributed by atoms with van der Waals surface area (Å²) in [5, 5.41) is 10.7. The Kier molecular flexibility index (Phi) is 5.29. The van der Waals surface area contributed by atoms with Gasteiger partial charge in [0, 0.05) is 28.8 Å². The van der Waals surface area contributed by atoms with Gasteiger partial charge in [0.25, 0.3) is 5.69 Å². The van der Waals surface area contributed by atoms with E-state index < -0.39 is 4.92 Å². The molecule has 0 atom stereocenters. The Morgan fingerprint density at radius 1 is 0.769 bits per heavy atom. The average Bonchev–Trinajstić information content (AvgIpc) is 2.69. The zero-order valence-electron chi connectivity index (χ0n) is 13.9. The van der Waals surface area contributed by atoms with E-state index in [1.807, 2.05) is 60.7 Å². The minimum Gasteiger partial charge on any atom is -0.292 e. The summed E-state index contributed by atoms with van der Waals surface area (Å²) in [6.07, 6.45) is 0. The van der Waals surface area contributed by atoms with Crippen molar-refractivity contribution in [2.75, 3.05) is 6.54 Å². The number of hydrogen-bond acceptors (Lipinski definition) is 4. The fourth-order valence-electron chi connectivity index (χ4n) is 2.55. The number of benzene rings is 3. The zero-order valence-corrected chi connectivity index (χ0v) is 13.9. The number of nitro benzene ring substituents is 1. The van der Waals surface area contributed by atoms with Gasteiger partial charge in [-0.2, -0.15) is 0 Å². The molecular weight excluding hydrogens is 328 g/mol. The first-order valence-corrected chi connectivity index (χ1v) is 8.08. The van der Waals surface area contributed by atoms with Crippen LogP contribution in [-0.2, 0) is 0 Å². The van der Waals surface area contributed by atoms with Gasteiger partial charge in [-0.15, -0.1) is 0 Å². The summed E-state index contributed by atoms with van der Waals surface area (Å²) in [5.74, 6) is -0.190. The highest BCUT2D eigenvalue weighted by molar-refractivity contribution is 6.13. The predicted octanol–water partition coefficient (Wildman–Crippen LogP) is 4.32. The molecule has 0 aliphatic rings. The summed E-state index contributed by atoms with van der Waals surface area (Å²) in [5.41, 5.74) is 2.95. The monoisotopic (exact) mass is 344 g/mol. The summed E-state index contributed by atoms with van der Waals surface area (Å²) in [4.78, 5) is 27.2. The molecule has 3 aromatic rings. The highest BCUT2D eigenvalue weighted by atomic mass is 16.6. The quantitative estimate of drug-likeness (QED) is 0.289. The molecule has 5 heteroatoms. The van der Waals surface area contributed by atoms with Gasteiger partial charge in [-0.25, -0.2) is 0 Å². The number of hydrogen-bond donors (Lipinski definition) is 0. The van der Waals surface area contributed by atoms with Crippen molar-refractivity contribution >= 4 is 17.2 Å². The highest BCUT2D eigenvalue weighted by Gasteiger charge is 2.11. The van der Waals surface area contributed by atoms with Crippen molar-refractivity contribution in [3.05, 3.63) is 112 Å². The van der Waals surface area contributed by atoms with Crippen molar-refractivity contribution in [1.82, 2.24) is 0 Å². The van der Waals surface area contributed by atoms with Gasteiger partial charge in [0.05, 0.1) is 10.6 Å². The minimum atomic E-state index is -0.491. The number of nitrogens with zero attached hydrogens (tertiary/aromatic N) is 2. The van der Waals surface area contributed by atoms with Crippen molar-refractivity contribution in [2.24, 2.45) is 4.99 Å². The van der Waals surface area contributed by atoms with E-state index in [9.17, 15) is 14.9 Å². The Balaban J connectivity index is 1.86. The molecule has 0 heterocycles. The molecule has 0 saturated carbocycles. The predicted molar refractivity (Wildman–Crippen MR) is 101 cm³/mol. The summed E-state index contributed by atoms with van der Waals surface area (Å²) in [6, 6.07) is 24.9. The van der Waals surface area contributed by atoms with Crippen LogP contribution in [0.1, 0.15) is 21.5 Å². The average molecular weight is 344 g/mol. The van der Waals surface area contributed by atoms with Crippen LogP contribution in [0, 0.1) is 10.1 Å². The third-order valence-corrected chi connectivity index (χ3v) is 3.88. The second-order valence-corrected chi connectivity index (χ2v) is 5.62. The molecule has 0 bridgehead atoms. The van der Waals surface area contributed by atoms with Crippen molar-refractivity contribution in [2.45, 2.75) is 0 Å². The van der Waals surface area contributed by atoms with Gasteiger partial charge < -0.3 is 0 Å². The van der Waals surface area contributed by atoms with Crippen LogP contribution < -0.4 is 0 Å². The first kappa shape index (κ1) is 17.2. The third-order valence-electron chi connectivity index (χ3n) is 3.88. The van der Waals surface area contributed by atoms with Crippen molar-refractivity contribution < 1.29 is 9.72 Å². The fraction of sp³-hybridized carbons (Fsp3) is 0.0476. The molecule has 0 unspecified atom stereocenters. The lowest BCUT2D eigenvalue weighted by Crippen LogP contribution is -2.09. The van der Waals surface area contributed by atoms with Gasteiger partial charge in [0.2, 0.25) is 0 Å². The molecule has 0 saturated heterocycles. The highest BCUT2D eigenvalue weighted by Crippen LogP contribution is 2.14. The second kappa shape index (κ2) is 7.98. The van der Waals surface area contributed by atoms with Crippen LogP contribution >= 0.6 is 0 Å². The van der Waals surface area contributed by atoms with Crippen molar-refractivity contribution in [3.63, 3.8) is 0 Å². The molecule has 0 aliphatic carbocycles. The maximum atomic E-state index is 12.4. The van der Waals surface area contributed by atoms with Crippen molar-refractivity contribution in [3.8, 4) is 0 Å². The molecule has 26 heavy (non-hydrogen) atoms. The summed E-state index contributed by atoms with van der Waals surface area (Å²) in [7, 11) is 0. The lowest BCUT2D eigenvalue weighted by atomic mass is 10.0. The Labute approximate surface area is 150 Å². The molecule has 3 aromatic carbocycles. The first-order chi connectivity index (χ1) is 12.6. The number of rotatable bonds is 6. The molecular formula is C21H16N2O3. The molecule has 0 fully saturated rings. The molecule has 0 amide bonds. The van der Waals surface area contributed by atoms with E-state index in [1.54, 1.807) is 0 Å². The SMILES string of the molecule is O=C(CN=C(c1ccccc1)c1ccccc1)c1ccc([N+](=O)[O-])cc1. The smallest absolute Gasteiger partial charge is 0.269 e. The lowest BCUT2D eigenvalue weighted by Gasteiger charge is -2.07. The van der Waals surface area contributed by atoms with Gasteiger partial charge >= 0.3 is 0 Å². The summed E-state index contributed by atoms with van der Waals surface area (Å²) < 4.78 is 0. The summed E-state index contributed by atoms with van der Waals surface area (Å²) in [6.45, 7) is -0.0308. The Hall–Kier alpha value is -3.60. The van der Waals surface area contributed by atoms with Crippen molar-refractivity contribution in [1.29, 1.82) is 0 Å². The molecule has 0 aliphatic heterocycles. The van der Waals surface area contributed by atoms with E-state index in [-0.39, 0.29) is 18.0 Å². The number of aliphatic imine (C=N–C) groups is 1. The standard InChI is InChI=1S/C21H16N2O3/c24-20(16-11-13-19(14-12-16)23(25)26)15-22-21(17-7-3-1-4-8-17)18-9-5-2-6-10-18/h1-14H,15H2. The molecule has 0 spiro atoms. The maximum absolute atomic E-state index is 12.4.